The number of nitrogens with two attached hydrogens (primary N) is 2. The van der Waals surface area contributed by atoms with E-state index in [1.165, 1.54) is 0 Å². The fourth-order valence-corrected chi connectivity index (χ4v) is 3.20. The molecule has 8 heteroatoms. The van der Waals surface area contributed by atoms with Gasteiger partial charge >= 0.3 is 0 Å². The number of carbonyl (C=O) groups excluding carboxylic acids is 4. The van der Waals surface area contributed by atoms with Crippen molar-refractivity contribution in [2.75, 3.05) is 6.61 Å². The molecule has 0 radical (unpaired) electrons. The molecule has 1 saturated heterocycles. The average Bonchev–Trinajstić information content (AvgIpc) is 2.87. The number of hydrogen-bond acceptors (Lipinski definition) is 5. The molecule has 3 amide bonds. The Morgan fingerprint density at radius 1 is 1.15 bits per heavy atom. The maximum atomic E-state index is 12.6. The summed E-state index contributed by atoms with van der Waals surface area (Å²) in [5.41, 5.74) is 10.5. The number of amides is 3. The summed E-state index contributed by atoms with van der Waals surface area (Å²) in [4.78, 5) is 47.1. The van der Waals surface area contributed by atoms with Gasteiger partial charge in [-0.05, 0) is 5.56 Å². The molecule has 0 spiro atoms. The number of ketones is 1. The van der Waals surface area contributed by atoms with Crippen molar-refractivity contribution in [3.8, 4) is 0 Å². The molecule has 2 rings (SSSR count). The second-order valence-corrected chi connectivity index (χ2v) is 6.78. The molecule has 1 aliphatic heterocycles. The van der Waals surface area contributed by atoms with Crippen molar-refractivity contribution in [1.29, 1.82) is 0 Å². The number of nitrogens with one attached hydrogen (secondary N) is 1. The van der Waals surface area contributed by atoms with Gasteiger partial charge in [0.15, 0.2) is 5.78 Å². The molecule has 0 aliphatic carbocycles. The average molecular weight is 361 g/mol. The van der Waals surface area contributed by atoms with Crippen LogP contribution in [0, 0.1) is 0 Å². The monoisotopic (exact) mass is 361 g/mol. The summed E-state index contributed by atoms with van der Waals surface area (Å²) < 4.78 is 5.23. The molecule has 140 valence electrons. The fraction of sp³-hybridized carbons (Fsp3) is 0.444. The molecule has 1 fully saturated rings. The van der Waals surface area contributed by atoms with Crippen LogP contribution in [0.4, 0.5) is 0 Å². The Balaban J connectivity index is 2.13. The summed E-state index contributed by atoms with van der Waals surface area (Å²) in [6, 6.07) is 8.15. The maximum absolute atomic E-state index is 12.6. The number of primary amides is 2. The predicted octanol–water partition coefficient (Wildman–Crippen LogP) is -0.462. The summed E-state index contributed by atoms with van der Waals surface area (Å²) in [5.74, 6) is -1.90. The zero-order chi connectivity index (χ0) is 19.3. The zero-order valence-electron chi connectivity index (χ0n) is 14.6. The van der Waals surface area contributed by atoms with Crippen LogP contribution in [0.5, 0.6) is 0 Å². The molecule has 1 aromatic carbocycles. The van der Waals surface area contributed by atoms with Crippen molar-refractivity contribution in [2.24, 2.45) is 11.5 Å². The van der Waals surface area contributed by atoms with Gasteiger partial charge in [0.25, 0.3) is 0 Å². The van der Waals surface area contributed by atoms with Crippen molar-refractivity contribution >= 4 is 23.5 Å². The van der Waals surface area contributed by atoms with Gasteiger partial charge in [0.1, 0.15) is 12.6 Å². The second-order valence-electron chi connectivity index (χ2n) is 6.78. The molecular formula is C18H23N3O5. The van der Waals surface area contributed by atoms with Crippen molar-refractivity contribution in [3.63, 3.8) is 0 Å². The first-order chi connectivity index (χ1) is 12.2. The first kappa shape index (κ1) is 19.6. The number of benzene rings is 1. The Morgan fingerprint density at radius 3 is 2.38 bits per heavy atom. The summed E-state index contributed by atoms with van der Waals surface area (Å²) in [6.45, 7) is 1.58. The molecule has 0 saturated carbocycles. The molecule has 3 atom stereocenters. The standard InChI is InChI=1S/C18H23N3O5/c1-18(8-15(20)24,11-5-3-2-4-6-11)9-16(25)21-17-12(22)10-26-13(17)7-14(19)23/h2-6,13,17H,7-10H2,1H3,(H2,19,23)(H2,20,24)(H,21,25). The molecule has 1 aromatic rings. The number of Topliss-reactive ketones (excluding diaryl/α,β-unsaturated/α-hetero) is 1. The highest BCUT2D eigenvalue weighted by Gasteiger charge is 2.39. The third-order valence-corrected chi connectivity index (χ3v) is 4.46. The van der Waals surface area contributed by atoms with E-state index in [0.29, 0.717) is 0 Å². The van der Waals surface area contributed by atoms with Gasteiger partial charge < -0.3 is 21.5 Å². The molecule has 0 aromatic heterocycles. The van der Waals surface area contributed by atoms with Crippen LogP contribution in [0.25, 0.3) is 0 Å². The highest BCUT2D eigenvalue weighted by atomic mass is 16.5. The van der Waals surface area contributed by atoms with Crippen molar-refractivity contribution < 1.29 is 23.9 Å². The summed E-state index contributed by atoms with van der Waals surface area (Å²) in [6.07, 6.45) is -1.01. The molecule has 3 unspecified atom stereocenters. The van der Waals surface area contributed by atoms with Gasteiger partial charge in [0.05, 0.1) is 12.5 Å². The van der Waals surface area contributed by atoms with Gasteiger partial charge in [-0.2, -0.15) is 0 Å². The molecule has 5 N–H and O–H groups in total. The molecule has 0 bridgehead atoms. The van der Waals surface area contributed by atoms with Gasteiger partial charge in [-0.25, -0.2) is 0 Å². The smallest absolute Gasteiger partial charge is 0.221 e. The third kappa shape index (κ3) is 4.89. The number of hydrogen-bond donors (Lipinski definition) is 3. The van der Waals surface area contributed by atoms with Crippen molar-refractivity contribution in [3.05, 3.63) is 35.9 Å². The first-order valence-electron chi connectivity index (χ1n) is 8.27. The SMILES string of the molecule is CC(CC(N)=O)(CC(=O)NC1C(=O)COC1CC(N)=O)c1ccccc1. The molecule has 1 aliphatic rings. The number of carbonyl (C=O) groups is 4. The quantitative estimate of drug-likeness (QED) is 0.574. The topological polar surface area (TPSA) is 142 Å². The van der Waals surface area contributed by atoms with Crippen LogP contribution in [-0.4, -0.2) is 42.3 Å². The normalized spacial score (nSPS) is 21.8. The minimum Gasteiger partial charge on any atom is -0.370 e. The van der Waals surface area contributed by atoms with E-state index >= 15 is 0 Å². The Bertz CT molecular complexity index is 706. The van der Waals surface area contributed by atoms with Crippen LogP contribution in [0.2, 0.25) is 0 Å². The molecular weight excluding hydrogens is 338 g/mol. The minimum absolute atomic E-state index is 0.0236. The second kappa shape index (κ2) is 8.09. The largest absolute Gasteiger partial charge is 0.370 e. The highest BCUT2D eigenvalue weighted by molar-refractivity contribution is 5.93. The van der Waals surface area contributed by atoms with Gasteiger partial charge in [0, 0.05) is 18.3 Å². The van der Waals surface area contributed by atoms with Crippen LogP contribution in [0.15, 0.2) is 30.3 Å². The molecule has 26 heavy (non-hydrogen) atoms. The van der Waals surface area contributed by atoms with E-state index in [4.69, 9.17) is 16.2 Å². The number of ether oxygens (including phenoxy) is 1. The van der Waals surface area contributed by atoms with Gasteiger partial charge in [-0.15, -0.1) is 0 Å². The lowest BCUT2D eigenvalue weighted by Gasteiger charge is -2.29. The first-order valence-corrected chi connectivity index (χ1v) is 8.27. The highest BCUT2D eigenvalue weighted by Crippen LogP contribution is 2.31. The fourth-order valence-electron chi connectivity index (χ4n) is 3.20. The predicted molar refractivity (Wildman–Crippen MR) is 92.7 cm³/mol. The van der Waals surface area contributed by atoms with E-state index < -0.39 is 35.3 Å². The summed E-state index contributed by atoms with van der Waals surface area (Å²) >= 11 is 0. The van der Waals surface area contributed by atoms with E-state index in [-0.39, 0.29) is 31.7 Å². The van der Waals surface area contributed by atoms with Crippen molar-refractivity contribution in [1.82, 2.24) is 5.32 Å². The van der Waals surface area contributed by atoms with E-state index in [1.54, 1.807) is 6.92 Å². The van der Waals surface area contributed by atoms with Gasteiger partial charge in [0.2, 0.25) is 17.7 Å². The van der Waals surface area contributed by atoms with E-state index in [9.17, 15) is 19.2 Å². The van der Waals surface area contributed by atoms with E-state index in [0.717, 1.165) is 5.56 Å². The minimum atomic E-state index is -0.927. The Hall–Kier alpha value is -2.74. The Labute approximate surface area is 151 Å². The Kier molecular flexibility index (Phi) is 6.10. The van der Waals surface area contributed by atoms with Crippen LogP contribution in [0.3, 0.4) is 0 Å². The van der Waals surface area contributed by atoms with E-state index in [2.05, 4.69) is 5.32 Å². The third-order valence-electron chi connectivity index (χ3n) is 4.46. The van der Waals surface area contributed by atoms with Crippen LogP contribution in [-0.2, 0) is 29.3 Å². The van der Waals surface area contributed by atoms with Crippen molar-refractivity contribution in [2.45, 2.75) is 43.7 Å². The molecule has 8 nitrogen and oxygen atoms in total. The van der Waals surface area contributed by atoms with Crippen LogP contribution < -0.4 is 16.8 Å². The lowest BCUT2D eigenvalue weighted by Crippen LogP contribution is -2.47. The van der Waals surface area contributed by atoms with Gasteiger partial charge in [-0.3, -0.25) is 19.2 Å². The van der Waals surface area contributed by atoms with Crippen LogP contribution >= 0.6 is 0 Å². The number of rotatable bonds is 8. The summed E-state index contributed by atoms with van der Waals surface area (Å²) in [7, 11) is 0. The van der Waals surface area contributed by atoms with Gasteiger partial charge in [-0.1, -0.05) is 37.3 Å². The Morgan fingerprint density at radius 2 is 1.81 bits per heavy atom. The lowest BCUT2D eigenvalue weighted by atomic mass is 9.76. The zero-order valence-corrected chi connectivity index (χ0v) is 14.6. The maximum Gasteiger partial charge on any atom is 0.221 e. The summed E-state index contributed by atoms with van der Waals surface area (Å²) in [5, 5.41) is 2.61. The van der Waals surface area contributed by atoms with E-state index in [1.807, 2.05) is 30.3 Å². The van der Waals surface area contributed by atoms with Crippen LogP contribution in [0.1, 0.15) is 31.7 Å². The molecule has 1 heterocycles. The lowest BCUT2D eigenvalue weighted by molar-refractivity contribution is -0.128.